The number of rotatable bonds is 2. The molecule has 3 aliphatic rings. The van der Waals surface area contributed by atoms with Gasteiger partial charge in [-0.15, -0.1) is 0 Å². The molecule has 0 aromatic rings. The van der Waals surface area contributed by atoms with E-state index in [1.807, 2.05) is 9.80 Å². The van der Waals surface area contributed by atoms with Crippen molar-refractivity contribution < 1.29 is 14.3 Å². The number of amides is 2. The second-order valence-electron chi connectivity index (χ2n) is 5.42. The van der Waals surface area contributed by atoms with E-state index >= 15 is 0 Å². The lowest BCUT2D eigenvalue weighted by atomic mass is 10.2. The highest BCUT2D eigenvalue weighted by Crippen LogP contribution is 2.42. The summed E-state index contributed by atoms with van der Waals surface area (Å²) in [5.74, 6) is 0.296. The first kappa shape index (κ1) is 12.0. The summed E-state index contributed by atoms with van der Waals surface area (Å²) in [5, 5.41) is 0. The van der Waals surface area contributed by atoms with E-state index < -0.39 is 0 Å². The second kappa shape index (κ2) is 4.88. The minimum atomic E-state index is -0.0452. The molecular weight excluding hydrogens is 232 g/mol. The molecule has 0 N–H and O–H groups in total. The van der Waals surface area contributed by atoms with Gasteiger partial charge < -0.3 is 14.5 Å². The van der Waals surface area contributed by atoms with Crippen LogP contribution in [0, 0.1) is 11.8 Å². The van der Waals surface area contributed by atoms with Crippen LogP contribution in [0.25, 0.3) is 0 Å². The molecule has 2 atom stereocenters. The van der Waals surface area contributed by atoms with Crippen LogP contribution >= 0.6 is 0 Å². The van der Waals surface area contributed by atoms with Gasteiger partial charge in [-0.3, -0.25) is 9.59 Å². The van der Waals surface area contributed by atoms with Crippen LogP contribution in [0.4, 0.5) is 0 Å². The number of carbonyl (C=O) groups is 2. The fourth-order valence-electron chi connectivity index (χ4n) is 2.93. The molecule has 2 unspecified atom stereocenters. The van der Waals surface area contributed by atoms with Gasteiger partial charge in [-0.1, -0.05) is 0 Å². The molecular formula is C13H20N2O3. The van der Waals surface area contributed by atoms with Crippen molar-refractivity contribution in [3.63, 3.8) is 0 Å². The molecule has 2 saturated heterocycles. The summed E-state index contributed by atoms with van der Waals surface area (Å²) in [6.45, 7) is 4.38. The maximum absolute atomic E-state index is 12.2. The van der Waals surface area contributed by atoms with Gasteiger partial charge in [-0.05, 0) is 19.3 Å². The van der Waals surface area contributed by atoms with Crippen molar-refractivity contribution in [2.24, 2.45) is 11.8 Å². The third-order valence-electron chi connectivity index (χ3n) is 4.17. The van der Waals surface area contributed by atoms with Crippen LogP contribution in [0.15, 0.2) is 0 Å². The Morgan fingerprint density at radius 2 is 1.33 bits per heavy atom. The first-order chi connectivity index (χ1) is 8.77. The average molecular weight is 252 g/mol. The van der Waals surface area contributed by atoms with E-state index in [-0.39, 0.29) is 23.7 Å². The van der Waals surface area contributed by atoms with Crippen molar-refractivity contribution in [1.29, 1.82) is 0 Å². The van der Waals surface area contributed by atoms with Crippen LogP contribution in [0.3, 0.4) is 0 Å². The molecule has 0 radical (unpaired) electrons. The summed E-state index contributed by atoms with van der Waals surface area (Å²) in [5.41, 5.74) is 0. The Hall–Kier alpha value is -1.10. The standard InChI is InChI=1S/C13H20N2O3/c16-12(14-3-1-2-4-14)10-9-11(10)13(17)15-5-7-18-8-6-15/h10-11H,1-9H2. The Kier molecular flexibility index (Phi) is 3.24. The van der Waals surface area contributed by atoms with Crippen molar-refractivity contribution >= 4 is 11.8 Å². The van der Waals surface area contributed by atoms with E-state index in [1.54, 1.807) is 0 Å². The van der Waals surface area contributed by atoms with Crippen LogP contribution in [0.1, 0.15) is 19.3 Å². The second-order valence-corrected chi connectivity index (χ2v) is 5.42. The van der Waals surface area contributed by atoms with E-state index in [0.29, 0.717) is 26.3 Å². The maximum Gasteiger partial charge on any atom is 0.226 e. The Labute approximate surface area is 107 Å². The lowest BCUT2D eigenvalue weighted by molar-refractivity contribution is -0.140. The highest BCUT2D eigenvalue weighted by Gasteiger charge is 2.51. The molecule has 0 bridgehead atoms. The lowest BCUT2D eigenvalue weighted by Crippen LogP contribution is -2.42. The number of nitrogens with zero attached hydrogens (tertiary/aromatic N) is 2. The molecule has 18 heavy (non-hydrogen) atoms. The number of ether oxygens (including phenoxy) is 1. The molecule has 2 heterocycles. The molecule has 3 rings (SSSR count). The fourth-order valence-corrected chi connectivity index (χ4v) is 2.93. The normalized spacial score (nSPS) is 31.6. The first-order valence-electron chi connectivity index (χ1n) is 6.92. The molecule has 1 saturated carbocycles. The van der Waals surface area contributed by atoms with Crippen LogP contribution in [-0.2, 0) is 14.3 Å². The summed E-state index contributed by atoms with van der Waals surface area (Å²) in [6.07, 6.45) is 2.98. The van der Waals surface area contributed by atoms with Crippen LogP contribution < -0.4 is 0 Å². The lowest BCUT2D eigenvalue weighted by Gasteiger charge is -2.27. The molecule has 100 valence electrons. The zero-order valence-corrected chi connectivity index (χ0v) is 10.6. The third-order valence-corrected chi connectivity index (χ3v) is 4.17. The van der Waals surface area contributed by atoms with E-state index in [9.17, 15) is 9.59 Å². The Morgan fingerprint density at radius 1 is 0.833 bits per heavy atom. The molecule has 0 aromatic carbocycles. The highest BCUT2D eigenvalue weighted by atomic mass is 16.5. The molecule has 2 amide bonds. The van der Waals surface area contributed by atoms with Gasteiger partial charge in [0.15, 0.2) is 0 Å². The van der Waals surface area contributed by atoms with E-state index in [1.165, 1.54) is 0 Å². The Bertz CT molecular complexity index is 346. The molecule has 1 aliphatic carbocycles. The summed E-state index contributed by atoms with van der Waals surface area (Å²) in [6, 6.07) is 0. The quantitative estimate of drug-likeness (QED) is 0.700. The maximum atomic E-state index is 12.2. The minimum Gasteiger partial charge on any atom is -0.378 e. The third kappa shape index (κ3) is 2.23. The summed E-state index contributed by atoms with van der Waals surface area (Å²) < 4.78 is 5.24. The molecule has 0 aromatic heterocycles. The Morgan fingerprint density at radius 3 is 1.89 bits per heavy atom. The van der Waals surface area contributed by atoms with Gasteiger partial charge in [0.1, 0.15) is 0 Å². The Balaban J connectivity index is 1.53. The van der Waals surface area contributed by atoms with Crippen molar-refractivity contribution in [2.75, 3.05) is 39.4 Å². The van der Waals surface area contributed by atoms with Crippen LogP contribution in [0.5, 0.6) is 0 Å². The van der Waals surface area contributed by atoms with Gasteiger partial charge in [-0.2, -0.15) is 0 Å². The molecule has 0 spiro atoms. The number of morpholine rings is 1. The molecule has 3 fully saturated rings. The van der Waals surface area contributed by atoms with Gasteiger partial charge in [0.05, 0.1) is 25.0 Å². The van der Waals surface area contributed by atoms with Crippen molar-refractivity contribution in [3.8, 4) is 0 Å². The van der Waals surface area contributed by atoms with E-state index in [2.05, 4.69) is 0 Å². The molecule has 5 heteroatoms. The topological polar surface area (TPSA) is 49.9 Å². The zero-order valence-electron chi connectivity index (χ0n) is 10.6. The molecule has 5 nitrogen and oxygen atoms in total. The summed E-state index contributed by atoms with van der Waals surface area (Å²) >= 11 is 0. The number of carbonyl (C=O) groups excluding carboxylic acids is 2. The van der Waals surface area contributed by atoms with Gasteiger partial charge in [0.2, 0.25) is 11.8 Å². The van der Waals surface area contributed by atoms with Gasteiger partial charge in [0, 0.05) is 26.2 Å². The molecule has 2 aliphatic heterocycles. The van der Waals surface area contributed by atoms with Crippen molar-refractivity contribution in [2.45, 2.75) is 19.3 Å². The van der Waals surface area contributed by atoms with Crippen LogP contribution in [0.2, 0.25) is 0 Å². The van der Waals surface area contributed by atoms with Gasteiger partial charge in [-0.25, -0.2) is 0 Å². The van der Waals surface area contributed by atoms with Crippen molar-refractivity contribution in [1.82, 2.24) is 9.80 Å². The minimum absolute atomic E-state index is 0.0292. The van der Waals surface area contributed by atoms with E-state index in [0.717, 1.165) is 32.4 Å². The monoisotopic (exact) mass is 252 g/mol. The first-order valence-corrected chi connectivity index (χ1v) is 6.92. The number of likely N-dealkylation sites (tertiary alicyclic amines) is 1. The highest BCUT2D eigenvalue weighted by molar-refractivity contribution is 5.92. The predicted molar refractivity (Wildman–Crippen MR) is 64.8 cm³/mol. The SMILES string of the molecule is O=C(C1CC1C(=O)N1CCOCC1)N1CCCC1. The summed E-state index contributed by atoms with van der Waals surface area (Å²) in [7, 11) is 0. The van der Waals surface area contributed by atoms with E-state index in [4.69, 9.17) is 4.74 Å². The smallest absolute Gasteiger partial charge is 0.226 e. The summed E-state index contributed by atoms with van der Waals surface area (Å²) in [4.78, 5) is 28.1. The average Bonchev–Trinajstić information content (AvgIpc) is 3.03. The number of hydrogen-bond acceptors (Lipinski definition) is 3. The fraction of sp³-hybridized carbons (Fsp3) is 0.846. The number of hydrogen-bond donors (Lipinski definition) is 0. The van der Waals surface area contributed by atoms with Gasteiger partial charge >= 0.3 is 0 Å². The van der Waals surface area contributed by atoms with Crippen molar-refractivity contribution in [3.05, 3.63) is 0 Å². The van der Waals surface area contributed by atoms with Gasteiger partial charge in [0.25, 0.3) is 0 Å². The van der Waals surface area contributed by atoms with Crippen LogP contribution in [-0.4, -0.2) is 61.0 Å². The largest absolute Gasteiger partial charge is 0.378 e. The predicted octanol–water partition coefficient (Wildman–Crippen LogP) is 0.104. The zero-order chi connectivity index (χ0) is 12.5.